The van der Waals surface area contributed by atoms with Gasteiger partial charge in [-0.3, -0.25) is 4.79 Å². The summed E-state index contributed by atoms with van der Waals surface area (Å²) in [6.07, 6.45) is -0.232. The van der Waals surface area contributed by atoms with E-state index < -0.39 is 17.9 Å². The summed E-state index contributed by atoms with van der Waals surface area (Å²) < 4.78 is 24.1. The summed E-state index contributed by atoms with van der Waals surface area (Å²) in [6, 6.07) is 11.8. The first-order valence-corrected chi connectivity index (χ1v) is 8.39. The van der Waals surface area contributed by atoms with Crippen molar-refractivity contribution in [2.75, 3.05) is 13.7 Å². The lowest BCUT2D eigenvalue weighted by molar-refractivity contribution is -0.140. The molecule has 2 aromatic rings. The number of rotatable bonds is 4. The zero-order chi connectivity index (χ0) is 18.7. The van der Waals surface area contributed by atoms with Crippen LogP contribution in [-0.2, 0) is 22.5 Å². The van der Waals surface area contributed by atoms with Crippen molar-refractivity contribution in [3.05, 3.63) is 65.0 Å². The molecule has 0 aromatic heterocycles. The Morgan fingerprint density at radius 2 is 1.88 bits per heavy atom. The summed E-state index contributed by atoms with van der Waals surface area (Å²) in [6.45, 7) is 2.55. The van der Waals surface area contributed by atoms with Crippen molar-refractivity contribution in [3.63, 3.8) is 0 Å². The molecule has 6 heteroatoms. The predicted octanol–water partition coefficient (Wildman–Crippen LogP) is 2.96. The number of nitrogens with zero attached hydrogens (tertiary/aromatic N) is 1. The van der Waals surface area contributed by atoms with Crippen molar-refractivity contribution >= 4 is 11.9 Å². The molecular weight excluding hydrogens is 337 g/mol. The van der Waals surface area contributed by atoms with E-state index in [1.807, 2.05) is 24.3 Å². The molecular formula is C20H20FNO4. The van der Waals surface area contributed by atoms with Gasteiger partial charge in [-0.25, -0.2) is 9.18 Å². The molecule has 0 N–H and O–H groups in total. The Labute approximate surface area is 151 Å². The fourth-order valence-corrected chi connectivity index (χ4v) is 3.00. The maximum Gasteiger partial charge on any atom is 0.341 e. The average Bonchev–Trinajstić information content (AvgIpc) is 2.66. The summed E-state index contributed by atoms with van der Waals surface area (Å²) in [4.78, 5) is 26.4. The molecule has 1 aliphatic rings. The molecule has 0 saturated carbocycles. The first kappa shape index (κ1) is 17.9. The van der Waals surface area contributed by atoms with E-state index in [9.17, 15) is 14.0 Å². The van der Waals surface area contributed by atoms with Crippen LogP contribution in [0.15, 0.2) is 42.5 Å². The van der Waals surface area contributed by atoms with E-state index in [2.05, 4.69) is 0 Å². The molecule has 3 rings (SSSR count). The number of ether oxygens (including phenoxy) is 2. The van der Waals surface area contributed by atoms with Crippen molar-refractivity contribution in [3.8, 4) is 5.75 Å². The number of carbonyl (C=O) groups excluding carboxylic acids is 2. The van der Waals surface area contributed by atoms with Gasteiger partial charge in [-0.15, -0.1) is 0 Å². The van der Waals surface area contributed by atoms with Crippen LogP contribution in [0.5, 0.6) is 5.75 Å². The van der Waals surface area contributed by atoms with Gasteiger partial charge in [-0.2, -0.15) is 0 Å². The van der Waals surface area contributed by atoms with Crippen LogP contribution in [0, 0.1) is 5.82 Å². The first-order chi connectivity index (χ1) is 12.5. The number of methoxy groups -OCH3 is 1. The van der Waals surface area contributed by atoms with E-state index >= 15 is 0 Å². The zero-order valence-electron chi connectivity index (χ0n) is 14.7. The van der Waals surface area contributed by atoms with Gasteiger partial charge < -0.3 is 14.4 Å². The van der Waals surface area contributed by atoms with Gasteiger partial charge >= 0.3 is 5.97 Å². The van der Waals surface area contributed by atoms with Gasteiger partial charge in [0.25, 0.3) is 5.91 Å². The van der Waals surface area contributed by atoms with Crippen molar-refractivity contribution in [1.29, 1.82) is 0 Å². The standard InChI is InChI=1S/C20H20FNO4/c1-13(26-20(24)17-8-7-16(25-2)11-18(17)21)19(23)22-10-9-14-5-3-4-6-15(14)12-22/h3-8,11,13H,9-10,12H2,1-2H3/t13-/m1/s1. The van der Waals surface area contributed by atoms with Gasteiger partial charge in [0.15, 0.2) is 6.10 Å². The van der Waals surface area contributed by atoms with E-state index in [1.54, 1.807) is 4.90 Å². The van der Waals surface area contributed by atoms with Crippen molar-refractivity contribution < 1.29 is 23.5 Å². The minimum absolute atomic E-state index is 0.227. The Kier molecular flexibility index (Phi) is 5.21. The number of carbonyl (C=O) groups is 2. The summed E-state index contributed by atoms with van der Waals surface area (Å²) in [5.74, 6) is -1.61. The summed E-state index contributed by atoms with van der Waals surface area (Å²) in [5.41, 5.74) is 2.09. The number of fused-ring (bicyclic) bond motifs is 1. The molecule has 1 atom stereocenters. The third-order valence-electron chi connectivity index (χ3n) is 4.47. The number of esters is 1. The zero-order valence-corrected chi connectivity index (χ0v) is 14.7. The van der Waals surface area contributed by atoms with Gasteiger partial charge in [0.1, 0.15) is 11.6 Å². The third-order valence-corrected chi connectivity index (χ3v) is 4.47. The van der Waals surface area contributed by atoms with Crippen LogP contribution in [0.2, 0.25) is 0 Å². The van der Waals surface area contributed by atoms with Gasteiger partial charge in [0.05, 0.1) is 12.7 Å². The fraction of sp³-hybridized carbons (Fsp3) is 0.300. The molecule has 1 amide bonds. The molecule has 2 aromatic carbocycles. The molecule has 1 heterocycles. The average molecular weight is 357 g/mol. The molecule has 0 unspecified atom stereocenters. The van der Waals surface area contributed by atoms with Crippen molar-refractivity contribution in [2.45, 2.75) is 26.0 Å². The lowest BCUT2D eigenvalue weighted by atomic mass is 9.99. The minimum Gasteiger partial charge on any atom is -0.497 e. The number of amides is 1. The smallest absolute Gasteiger partial charge is 0.341 e. The maximum absolute atomic E-state index is 14.0. The molecule has 5 nitrogen and oxygen atoms in total. The monoisotopic (exact) mass is 357 g/mol. The highest BCUT2D eigenvalue weighted by Crippen LogP contribution is 2.21. The second-order valence-corrected chi connectivity index (χ2v) is 6.17. The maximum atomic E-state index is 14.0. The van der Waals surface area contributed by atoms with Crippen LogP contribution in [0.1, 0.15) is 28.4 Å². The third kappa shape index (κ3) is 3.69. The van der Waals surface area contributed by atoms with E-state index in [0.29, 0.717) is 18.8 Å². The molecule has 26 heavy (non-hydrogen) atoms. The van der Waals surface area contributed by atoms with Crippen molar-refractivity contribution in [2.24, 2.45) is 0 Å². The minimum atomic E-state index is -0.991. The quantitative estimate of drug-likeness (QED) is 0.790. The Balaban J connectivity index is 1.65. The summed E-state index contributed by atoms with van der Waals surface area (Å²) >= 11 is 0. The van der Waals surface area contributed by atoms with Gasteiger partial charge in [-0.05, 0) is 36.6 Å². The topological polar surface area (TPSA) is 55.8 Å². The lowest BCUT2D eigenvalue weighted by Gasteiger charge is -2.30. The highest BCUT2D eigenvalue weighted by atomic mass is 19.1. The van der Waals surface area contributed by atoms with Crippen LogP contribution in [0.4, 0.5) is 4.39 Å². The van der Waals surface area contributed by atoms with Crippen LogP contribution < -0.4 is 4.74 Å². The van der Waals surface area contributed by atoms with Gasteiger partial charge in [-0.1, -0.05) is 24.3 Å². The first-order valence-electron chi connectivity index (χ1n) is 8.39. The molecule has 0 aliphatic carbocycles. The van der Waals surface area contributed by atoms with E-state index in [0.717, 1.165) is 18.1 Å². The molecule has 136 valence electrons. The second kappa shape index (κ2) is 7.56. The molecule has 0 fully saturated rings. The van der Waals surface area contributed by atoms with Crippen LogP contribution in [-0.4, -0.2) is 36.5 Å². The van der Waals surface area contributed by atoms with Crippen LogP contribution >= 0.6 is 0 Å². The van der Waals surface area contributed by atoms with E-state index in [1.165, 1.54) is 31.7 Å². The Morgan fingerprint density at radius 3 is 2.58 bits per heavy atom. The van der Waals surface area contributed by atoms with Gasteiger partial charge in [0, 0.05) is 19.2 Å². The SMILES string of the molecule is COc1ccc(C(=O)O[C@H](C)C(=O)N2CCc3ccccc3C2)c(F)c1. The number of hydrogen-bond donors (Lipinski definition) is 0. The molecule has 0 spiro atoms. The Morgan fingerprint density at radius 1 is 1.15 bits per heavy atom. The highest BCUT2D eigenvalue weighted by Gasteiger charge is 2.28. The summed E-state index contributed by atoms with van der Waals surface area (Å²) in [5, 5.41) is 0. The Hall–Kier alpha value is -2.89. The fourth-order valence-electron chi connectivity index (χ4n) is 3.00. The number of halogens is 1. The van der Waals surface area contributed by atoms with Crippen molar-refractivity contribution in [1.82, 2.24) is 4.90 Å². The molecule has 0 radical (unpaired) electrons. The second-order valence-electron chi connectivity index (χ2n) is 6.17. The number of hydrogen-bond acceptors (Lipinski definition) is 4. The molecule has 1 aliphatic heterocycles. The lowest BCUT2D eigenvalue weighted by Crippen LogP contribution is -2.42. The normalized spacial score (nSPS) is 14.3. The summed E-state index contributed by atoms with van der Waals surface area (Å²) in [7, 11) is 1.41. The van der Waals surface area contributed by atoms with Crippen LogP contribution in [0.3, 0.4) is 0 Å². The Bertz CT molecular complexity index is 836. The largest absolute Gasteiger partial charge is 0.497 e. The van der Waals surface area contributed by atoms with E-state index in [4.69, 9.17) is 9.47 Å². The number of benzene rings is 2. The highest BCUT2D eigenvalue weighted by molar-refractivity contribution is 5.92. The van der Waals surface area contributed by atoms with Gasteiger partial charge in [0.2, 0.25) is 0 Å². The molecule has 0 saturated heterocycles. The predicted molar refractivity (Wildman–Crippen MR) is 93.4 cm³/mol. The molecule has 0 bridgehead atoms. The van der Waals surface area contributed by atoms with Crippen LogP contribution in [0.25, 0.3) is 0 Å². The van der Waals surface area contributed by atoms with E-state index in [-0.39, 0.29) is 11.5 Å².